The summed E-state index contributed by atoms with van der Waals surface area (Å²) in [5.74, 6) is 5.67. The quantitative estimate of drug-likeness (QED) is 0.662. The summed E-state index contributed by atoms with van der Waals surface area (Å²) in [6.07, 6.45) is 2.77. The van der Waals surface area contributed by atoms with Gasteiger partial charge in [-0.05, 0) is 49.9 Å². The molecule has 1 aliphatic rings. The highest BCUT2D eigenvalue weighted by Gasteiger charge is 2.38. The molecule has 1 aliphatic heterocycles. The van der Waals surface area contributed by atoms with E-state index in [-0.39, 0.29) is 11.6 Å². The first-order valence-corrected chi connectivity index (χ1v) is 6.85. The molecule has 0 aromatic heterocycles. The van der Waals surface area contributed by atoms with Gasteiger partial charge in [0.25, 0.3) is 0 Å². The predicted octanol–water partition coefficient (Wildman–Crippen LogP) is 2.94. The number of rotatable bonds is 4. The van der Waals surface area contributed by atoms with Crippen LogP contribution in [0.4, 0.5) is 0 Å². The number of ether oxygens (including phenoxy) is 1. The summed E-state index contributed by atoms with van der Waals surface area (Å²) in [5.41, 5.74) is 3.61. The molecular formula is C13H18Cl2N2O. The molecule has 1 fully saturated rings. The van der Waals surface area contributed by atoms with Crippen molar-refractivity contribution in [3.8, 4) is 0 Å². The zero-order chi connectivity index (χ0) is 13.2. The minimum absolute atomic E-state index is 0.0240. The minimum atomic E-state index is -0.236. The van der Waals surface area contributed by atoms with Gasteiger partial charge < -0.3 is 4.74 Å². The molecule has 3 N–H and O–H groups in total. The van der Waals surface area contributed by atoms with Gasteiger partial charge in [-0.1, -0.05) is 23.2 Å². The van der Waals surface area contributed by atoms with Crippen LogP contribution in [-0.4, -0.2) is 18.2 Å². The molecule has 0 aliphatic carbocycles. The molecule has 1 heterocycles. The summed E-state index contributed by atoms with van der Waals surface area (Å²) < 4.78 is 5.82. The Hall–Kier alpha value is -0.320. The fraction of sp³-hybridized carbons (Fsp3) is 0.538. The maximum atomic E-state index is 6.18. The molecule has 3 nitrogen and oxygen atoms in total. The highest BCUT2D eigenvalue weighted by Crippen LogP contribution is 2.31. The van der Waals surface area contributed by atoms with E-state index in [2.05, 4.69) is 12.3 Å². The first kappa shape index (κ1) is 14.1. The Balaban J connectivity index is 2.17. The largest absolute Gasteiger partial charge is 0.374 e. The molecule has 1 aromatic rings. The van der Waals surface area contributed by atoms with Crippen LogP contribution >= 0.6 is 23.2 Å². The maximum Gasteiger partial charge on any atom is 0.0824 e. The summed E-state index contributed by atoms with van der Waals surface area (Å²) in [4.78, 5) is 0. The van der Waals surface area contributed by atoms with Gasteiger partial charge in [0, 0.05) is 16.7 Å². The molecule has 2 unspecified atom stereocenters. The van der Waals surface area contributed by atoms with Gasteiger partial charge in [0.05, 0.1) is 11.6 Å². The monoisotopic (exact) mass is 288 g/mol. The molecule has 2 rings (SSSR count). The third-order valence-electron chi connectivity index (χ3n) is 3.62. The van der Waals surface area contributed by atoms with Crippen LogP contribution in [-0.2, 0) is 11.2 Å². The molecule has 100 valence electrons. The standard InChI is InChI=1S/C13H18Cl2N2O/c1-13(5-2-6-18-13)12(17-16)8-9-7-10(14)3-4-11(9)15/h3-4,7,12,17H,2,5-6,8,16H2,1H3. The van der Waals surface area contributed by atoms with Crippen LogP contribution in [0, 0.1) is 0 Å². The number of hydrazine groups is 1. The summed E-state index contributed by atoms with van der Waals surface area (Å²) in [6.45, 7) is 2.88. The van der Waals surface area contributed by atoms with Crippen molar-refractivity contribution in [1.82, 2.24) is 5.43 Å². The Labute approximate surface area is 118 Å². The Morgan fingerprint density at radius 3 is 2.89 bits per heavy atom. The lowest BCUT2D eigenvalue weighted by atomic mass is 9.89. The minimum Gasteiger partial charge on any atom is -0.374 e. The van der Waals surface area contributed by atoms with Gasteiger partial charge in [0.1, 0.15) is 0 Å². The van der Waals surface area contributed by atoms with Crippen LogP contribution in [0.25, 0.3) is 0 Å². The van der Waals surface area contributed by atoms with Crippen molar-refractivity contribution in [3.05, 3.63) is 33.8 Å². The van der Waals surface area contributed by atoms with E-state index in [0.29, 0.717) is 16.5 Å². The van der Waals surface area contributed by atoms with Gasteiger partial charge in [-0.2, -0.15) is 0 Å². The number of hydrogen-bond donors (Lipinski definition) is 2. The number of hydrogen-bond acceptors (Lipinski definition) is 3. The van der Waals surface area contributed by atoms with Gasteiger partial charge in [0.15, 0.2) is 0 Å². The van der Waals surface area contributed by atoms with Crippen molar-refractivity contribution in [2.24, 2.45) is 5.84 Å². The van der Waals surface area contributed by atoms with Gasteiger partial charge >= 0.3 is 0 Å². The van der Waals surface area contributed by atoms with E-state index in [9.17, 15) is 0 Å². The highest BCUT2D eigenvalue weighted by molar-refractivity contribution is 6.33. The van der Waals surface area contributed by atoms with E-state index in [1.54, 1.807) is 6.07 Å². The first-order chi connectivity index (χ1) is 8.55. The molecule has 1 aromatic carbocycles. The third-order valence-corrected chi connectivity index (χ3v) is 4.22. The second kappa shape index (κ2) is 5.76. The Morgan fingerprint density at radius 1 is 1.50 bits per heavy atom. The van der Waals surface area contributed by atoms with Gasteiger partial charge in [-0.25, -0.2) is 0 Å². The molecule has 0 amide bonds. The zero-order valence-corrected chi connectivity index (χ0v) is 11.9. The Bertz CT molecular complexity index is 419. The van der Waals surface area contributed by atoms with E-state index < -0.39 is 0 Å². The van der Waals surface area contributed by atoms with Crippen molar-refractivity contribution in [2.45, 2.75) is 37.8 Å². The van der Waals surface area contributed by atoms with Crippen LogP contribution in [0.15, 0.2) is 18.2 Å². The molecule has 18 heavy (non-hydrogen) atoms. The molecule has 0 saturated carbocycles. The number of nitrogens with two attached hydrogens (primary N) is 1. The predicted molar refractivity (Wildman–Crippen MR) is 74.9 cm³/mol. The Morgan fingerprint density at radius 2 is 2.28 bits per heavy atom. The van der Waals surface area contributed by atoms with Crippen LogP contribution in [0.1, 0.15) is 25.3 Å². The SMILES string of the molecule is CC1(C(Cc2cc(Cl)ccc2Cl)NN)CCCO1. The zero-order valence-electron chi connectivity index (χ0n) is 10.4. The van der Waals surface area contributed by atoms with E-state index in [4.69, 9.17) is 33.8 Å². The van der Waals surface area contributed by atoms with E-state index in [1.165, 1.54) is 0 Å². The smallest absolute Gasteiger partial charge is 0.0824 e. The van der Waals surface area contributed by atoms with Crippen molar-refractivity contribution >= 4 is 23.2 Å². The van der Waals surface area contributed by atoms with E-state index in [0.717, 1.165) is 25.0 Å². The molecule has 5 heteroatoms. The van der Waals surface area contributed by atoms with Crippen molar-refractivity contribution < 1.29 is 4.74 Å². The number of halogens is 2. The molecule has 0 spiro atoms. The van der Waals surface area contributed by atoms with Crippen LogP contribution in [0.2, 0.25) is 10.0 Å². The maximum absolute atomic E-state index is 6.18. The normalized spacial score (nSPS) is 25.3. The summed E-state index contributed by atoms with van der Waals surface area (Å²) in [5, 5.41) is 1.39. The third kappa shape index (κ3) is 2.98. The second-order valence-electron chi connectivity index (χ2n) is 4.92. The van der Waals surface area contributed by atoms with Gasteiger partial charge in [-0.3, -0.25) is 11.3 Å². The molecule has 2 atom stereocenters. The van der Waals surface area contributed by atoms with Gasteiger partial charge in [0.2, 0.25) is 0 Å². The summed E-state index contributed by atoms with van der Waals surface area (Å²) >= 11 is 12.2. The molecule has 0 radical (unpaired) electrons. The summed E-state index contributed by atoms with van der Waals surface area (Å²) in [7, 11) is 0. The lowest BCUT2D eigenvalue weighted by Crippen LogP contribution is -2.52. The second-order valence-corrected chi connectivity index (χ2v) is 5.77. The number of nitrogens with one attached hydrogen (secondary N) is 1. The first-order valence-electron chi connectivity index (χ1n) is 6.09. The van der Waals surface area contributed by atoms with E-state index in [1.807, 2.05) is 12.1 Å². The fourth-order valence-electron chi connectivity index (χ4n) is 2.45. The van der Waals surface area contributed by atoms with Crippen LogP contribution < -0.4 is 11.3 Å². The highest BCUT2D eigenvalue weighted by atomic mass is 35.5. The average molecular weight is 289 g/mol. The topological polar surface area (TPSA) is 47.3 Å². The number of benzene rings is 1. The van der Waals surface area contributed by atoms with Crippen molar-refractivity contribution in [2.75, 3.05) is 6.61 Å². The summed E-state index contributed by atoms with van der Waals surface area (Å²) in [6, 6.07) is 5.50. The average Bonchev–Trinajstić information content (AvgIpc) is 2.78. The molecule has 0 bridgehead atoms. The lowest BCUT2D eigenvalue weighted by Gasteiger charge is -2.33. The van der Waals surface area contributed by atoms with E-state index >= 15 is 0 Å². The Kier molecular flexibility index (Phi) is 4.51. The fourth-order valence-corrected chi connectivity index (χ4v) is 2.84. The van der Waals surface area contributed by atoms with Crippen molar-refractivity contribution in [1.29, 1.82) is 0 Å². The van der Waals surface area contributed by atoms with Gasteiger partial charge in [-0.15, -0.1) is 0 Å². The van der Waals surface area contributed by atoms with Crippen LogP contribution in [0.5, 0.6) is 0 Å². The molecule has 1 saturated heterocycles. The lowest BCUT2D eigenvalue weighted by molar-refractivity contribution is -0.0115. The van der Waals surface area contributed by atoms with Crippen LogP contribution in [0.3, 0.4) is 0 Å². The molecular weight excluding hydrogens is 271 g/mol. The van der Waals surface area contributed by atoms with Crippen molar-refractivity contribution in [3.63, 3.8) is 0 Å².